The third kappa shape index (κ3) is 3.60. The monoisotopic (exact) mass is 406 g/mol. The van der Waals surface area contributed by atoms with Crippen LogP contribution in [0.3, 0.4) is 0 Å². The fraction of sp³-hybridized carbons (Fsp3) is 0.280. The van der Waals surface area contributed by atoms with Gasteiger partial charge in [-0.3, -0.25) is 9.78 Å². The van der Waals surface area contributed by atoms with Gasteiger partial charge in [-0.05, 0) is 67.1 Å². The highest BCUT2D eigenvalue weighted by molar-refractivity contribution is 6.05. The number of nitrogens with zero attached hydrogens (tertiary/aromatic N) is 1. The van der Waals surface area contributed by atoms with Crippen molar-refractivity contribution in [2.24, 2.45) is 0 Å². The normalized spacial score (nSPS) is 14.4. The van der Waals surface area contributed by atoms with Gasteiger partial charge in [0.1, 0.15) is 0 Å². The van der Waals surface area contributed by atoms with Gasteiger partial charge < -0.3 is 5.32 Å². The van der Waals surface area contributed by atoms with E-state index < -0.39 is 5.92 Å². The van der Waals surface area contributed by atoms with E-state index in [0.717, 1.165) is 22.3 Å². The van der Waals surface area contributed by atoms with Crippen molar-refractivity contribution in [2.45, 2.75) is 46.0 Å². The molecule has 1 heterocycles. The summed E-state index contributed by atoms with van der Waals surface area (Å²) in [5.41, 5.74) is 6.17. The van der Waals surface area contributed by atoms with Crippen molar-refractivity contribution in [3.05, 3.63) is 82.0 Å². The van der Waals surface area contributed by atoms with E-state index >= 15 is 0 Å². The SMILES string of the molecule is CCc1cc(-c2cc3c(cc2C)CCC3(F)F)ncc1NC(=O)c1ccccc1C. The molecule has 0 saturated carbocycles. The molecule has 1 amide bonds. The summed E-state index contributed by atoms with van der Waals surface area (Å²) in [6.45, 7) is 5.81. The highest BCUT2D eigenvalue weighted by Crippen LogP contribution is 2.44. The van der Waals surface area contributed by atoms with Crippen LogP contribution < -0.4 is 5.32 Å². The van der Waals surface area contributed by atoms with Gasteiger partial charge >= 0.3 is 0 Å². The van der Waals surface area contributed by atoms with Crippen LogP contribution in [0.2, 0.25) is 0 Å². The van der Waals surface area contributed by atoms with Crippen LogP contribution in [0.5, 0.6) is 0 Å². The van der Waals surface area contributed by atoms with Crippen LogP contribution in [0.15, 0.2) is 48.7 Å². The molecule has 4 rings (SSSR count). The van der Waals surface area contributed by atoms with E-state index in [9.17, 15) is 13.6 Å². The first-order valence-electron chi connectivity index (χ1n) is 10.2. The van der Waals surface area contributed by atoms with Gasteiger partial charge in [0.2, 0.25) is 0 Å². The minimum absolute atomic E-state index is 0.111. The maximum absolute atomic E-state index is 14.2. The number of benzene rings is 2. The number of pyridine rings is 1. The Hall–Kier alpha value is -3.08. The highest BCUT2D eigenvalue weighted by Gasteiger charge is 2.39. The number of carbonyl (C=O) groups is 1. The summed E-state index contributed by atoms with van der Waals surface area (Å²) in [5.74, 6) is -2.97. The van der Waals surface area contributed by atoms with Gasteiger partial charge in [0.05, 0.1) is 17.6 Å². The largest absolute Gasteiger partial charge is 0.320 e. The first-order valence-corrected chi connectivity index (χ1v) is 10.2. The van der Waals surface area contributed by atoms with Gasteiger partial charge in [0, 0.05) is 23.1 Å². The first kappa shape index (κ1) is 20.2. The second-order valence-electron chi connectivity index (χ2n) is 7.88. The molecule has 0 atom stereocenters. The molecule has 1 aromatic heterocycles. The minimum atomic E-state index is -2.78. The number of hydrogen-bond donors (Lipinski definition) is 1. The summed E-state index contributed by atoms with van der Waals surface area (Å²) in [7, 11) is 0. The molecule has 1 aliphatic carbocycles. The standard InChI is InChI=1S/C25H24F2N2O/c1-4-17-12-22(20-13-21-18(11-16(20)3)9-10-25(21,26)27)28-14-23(17)29-24(30)19-8-6-5-7-15(19)2/h5-8,11-14H,4,9-10H2,1-3H3,(H,29,30). The number of fused-ring (bicyclic) bond motifs is 1. The zero-order valence-corrected chi connectivity index (χ0v) is 17.4. The second kappa shape index (κ2) is 7.63. The Labute approximate surface area is 175 Å². The third-order valence-corrected chi connectivity index (χ3v) is 5.84. The molecule has 0 unspecified atom stereocenters. The average molecular weight is 406 g/mol. The van der Waals surface area contributed by atoms with Gasteiger partial charge in [-0.25, -0.2) is 8.78 Å². The molecular formula is C25H24F2N2O. The Balaban J connectivity index is 1.68. The Bertz CT molecular complexity index is 1140. The molecule has 0 radical (unpaired) electrons. The molecule has 0 fully saturated rings. The number of rotatable bonds is 4. The van der Waals surface area contributed by atoms with Crippen LogP contribution in [0.4, 0.5) is 14.5 Å². The zero-order chi connectivity index (χ0) is 21.5. The van der Waals surface area contributed by atoms with Crippen LogP contribution in [0.1, 0.15) is 51.5 Å². The Morgan fingerprint density at radius 2 is 1.90 bits per heavy atom. The Morgan fingerprint density at radius 1 is 1.13 bits per heavy atom. The van der Waals surface area contributed by atoms with Gasteiger partial charge in [0.15, 0.2) is 0 Å². The van der Waals surface area contributed by atoms with E-state index in [4.69, 9.17) is 0 Å². The highest BCUT2D eigenvalue weighted by atomic mass is 19.3. The molecule has 0 bridgehead atoms. The fourth-order valence-corrected chi connectivity index (χ4v) is 4.08. The van der Waals surface area contributed by atoms with Crippen LogP contribution in [0, 0.1) is 13.8 Å². The summed E-state index contributed by atoms with van der Waals surface area (Å²) >= 11 is 0. The van der Waals surface area contributed by atoms with E-state index in [1.54, 1.807) is 18.3 Å². The van der Waals surface area contributed by atoms with E-state index in [1.807, 2.05) is 51.1 Å². The number of halogens is 2. The van der Waals surface area contributed by atoms with Crippen molar-refractivity contribution in [3.8, 4) is 11.3 Å². The van der Waals surface area contributed by atoms with Crippen molar-refractivity contribution < 1.29 is 13.6 Å². The molecule has 2 aromatic carbocycles. The zero-order valence-electron chi connectivity index (χ0n) is 17.4. The van der Waals surface area contributed by atoms with Gasteiger partial charge in [0.25, 0.3) is 11.8 Å². The van der Waals surface area contributed by atoms with Crippen LogP contribution >= 0.6 is 0 Å². The number of anilines is 1. The van der Waals surface area contributed by atoms with Crippen molar-refractivity contribution in [1.29, 1.82) is 0 Å². The summed E-state index contributed by atoms with van der Waals surface area (Å²) in [5, 5.41) is 2.95. The number of carbonyl (C=O) groups excluding carboxylic acids is 1. The van der Waals surface area contributed by atoms with Crippen LogP contribution in [-0.2, 0) is 18.8 Å². The molecule has 1 N–H and O–H groups in total. The van der Waals surface area contributed by atoms with E-state index in [0.29, 0.717) is 35.3 Å². The lowest BCUT2D eigenvalue weighted by Crippen LogP contribution is -2.15. The molecular weight excluding hydrogens is 382 g/mol. The van der Waals surface area contributed by atoms with E-state index in [1.165, 1.54) is 0 Å². The number of amides is 1. The smallest absolute Gasteiger partial charge is 0.273 e. The van der Waals surface area contributed by atoms with Crippen LogP contribution in [-0.4, -0.2) is 10.9 Å². The molecule has 0 aliphatic heterocycles. The van der Waals surface area contributed by atoms with Crippen molar-refractivity contribution >= 4 is 11.6 Å². The summed E-state index contributed by atoms with van der Waals surface area (Å²) < 4.78 is 28.5. The van der Waals surface area contributed by atoms with E-state index in [-0.39, 0.29) is 17.9 Å². The maximum Gasteiger partial charge on any atom is 0.273 e. The van der Waals surface area contributed by atoms with Crippen LogP contribution in [0.25, 0.3) is 11.3 Å². The lowest BCUT2D eigenvalue weighted by molar-refractivity contribution is -0.00181. The number of aromatic nitrogens is 1. The molecule has 0 spiro atoms. The lowest BCUT2D eigenvalue weighted by Gasteiger charge is -2.16. The molecule has 5 heteroatoms. The Morgan fingerprint density at radius 3 is 2.63 bits per heavy atom. The number of alkyl halides is 2. The summed E-state index contributed by atoms with van der Waals surface area (Å²) in [6.07, 6.45) is 2.57. The second-order valence-corrected chi connectivity index (χ2v) is 7.88. The summed E-state index contributed by atoms with van der Waals surface area (Å²) in [4.78, 5) is 17.2. The molecule has 3 nitrogen and oxygen atoms in total. The average Bonchev–Trinajstić information content (AvgIpc) is 3.01. The summed E-state index contributed by atoms with van der Waals surface area (Å²) in [6, 6.07) is 12.7. The Kier molecular flexibility index (Phi) is 5.14. The van der Waals surface area contributed by atoms with Gasteiger partial charge in [-0.1, -0.05) is 31.2 Å². The molecule has 0 saturated heterocycles. The molecule has 154 valence electrons. The maximum atomic E-state index is 14.2. The van der Waals surface area contributed by atoms with Crippen molar-refractivity contribution in [2.75, 3.05) is 5.32 Å². The van der Waals surface area contributed by atoms with E-state index in [2.05, 4.69) is 10.3 Å². The first-order chi connectivity index (χ1) is 14.3. The van der Waals surface area contributed by atoms with Gasteiger partial charge in [-0.15, -0.1) is 0 Å². The van der Waals surface area contributed by atoms with Gasteiger partial charge in [-0.2, -0.15) is 0 Å². The molecule has 30 heavy (non-hydrogen) atoms. The topological polar surface area (TPSA) is 42.0 Å². The third-order valence-electron chi connectivity index (χ3n) is 5.84. The van der Waals surface area contributed by atoms with Crippen molar-refractivity contribution in [1.82, 2.24) is 4.98 Å². The predicted molar refractivity (Wildman–Crippen MR) is 115 cm³/mol. The quantitative estimate of drug-likeness (QED) is 0.559. The number of aryl methyl sites for hydroxylation is 4. The molecule has 1 aliphatic rings. The lowest BCUT2D eigenvalue weighted by atomic mass is 9.96. The fourth-order valence-electron chi connectivity index (χ4n) is 4.08. The molecule has 3 aromatic rings. The van der Waals surface area contributed by atoms with Crippen molar-refractivity contribution in [3.63, 3.8) is 0 Å². The predicted octanol–water partition coefficient (Wildman–Crippen LogP) is 6.22. The number of hydrogen-bond acceptors (Lipinski definition) is 2. The number of nitrogens with one attached hydrogen (secondary N) is 1. The minimum Gasteiger partial charge on any atom is -0.320 e.